The van der Waals surface area contributed by atoms with Gasteiger partial charge in [0.15, 0.2) is 0 Å². The molecular formula is C15H12F3N3O4S. The summed E-state index contributed by atoms with van der Waals surface area (Å²) in [6.45, 7) is 0. The predicted molar refractivity (Wildman–Crippen MR) is 89.3 cm³/mol. The molecular weight excluding hydrogens is 375 g/mol. The van der Waals surface area contributed by atoms with E-state index in [9.17, 15) is 27.6 Å². The van der Waals surface area contributed by atoms with Gasteiger partial charge in [-0.05, 0) is 24.3 Å². The third-order valence-corrected chi connectivity index (χ3v) is 3.97. The van der Waals surface area contributed by atoms with Crippen molar-refractivity contribution < 1.29 is 27.9 Å². The van der Waals surface area contributed by atoms with Crippen LogP contribution in [0.2, 0.25) is 0 Å². The highest BCUT2D eigenvalue weighted by Gasteiger charge is 2.27. The fourth-order valence-corrected chi connectivity index (χ4v) is 2.45. The number of hydrogen-bond donors (Lipinski definition) is 3. The van der Waals surface area contributed by atoms with Gasteiger partial charge in [0.25, 0.3) is 5.56 Å². The van der Waals surface area contributed by atoms with E-state index in [1.807, 2.05) is 0 Å². The first-order chi connectivity index (χ1) is 12.2. The fourth-order valence-electron chi connectivity index (χ4n) is 1.86. The van der Waals surface area contributed by atoms with Gasteiger partial charge in [-0.25, -0.2) is 9.78 Å². The number of halogens is 3. The summed E-state index contributed by atoms with van der Waals surface area (Å²) in [5.41, 5.74) is -0.477. The molecule has 0 unspecified atom stereocenters. The van der Waals surface area contributed by atoms with Crippen LogP contribution >= 0.6 is 11.8 Å². The zero-order valence-corrected chi connectivity index (χ0v) is 13.8. The topological polar surface area (TPSA) is 112 Å². The Hall–Kier alpha value is -2.82. The number of aromatic nitrogens is 2. The number of nitrogens with one attached hydrogen (secondary N) is 2. The van der Waals surface area contributed by atoms with Crippen molar-refractivity contribution in [2.24, 2.45) is 0 Å². The number of thioether (sulfide) groups is 1. The molecule has 26 heavy (non-hydrogen) atoms. The van der Waals surface area contributed by atoms with Crippen LogP contribution in [-0.4, -0.2) is 44.6 Å². The van der Waals surface area contributed by atoms with E-state index in [1.165, 1.54) is 24.3 Å². The van der Waals surface area contributed by atoms with Crippen LogP contribution in [0, 0.1) is 0 Å². The zero-order chi connectivity index (χ0) is 19.3. The Bertz CT molecular complexity index is 866. The van der Waals surface area contributed by atoms with E-state index in [4.69, 9.17) is 5.11 Å². The summed E-state index contributed by atoms with van der Waals surface area (Å²) in [7, 11) is 0. The van der Waals surface area contributed by atoms with Crippen molar-refractivity contribution in [2.45, 2.75) is 6.18 Å². The van der Waals surface area contributed by atoms with Gasteiger partial charge in [0, 0.05) is 17.4 Å². The van der Waals surface area contributed by atoms with Crippen LogP contribution in [0.1, 0.15) is 10.4 Å². The van der Waals surface area contributed by atoms with E-state index in [0.717, 1.165) is 6.20 Å². The van der Waals surface area contributed by atoms with Crippen LogP contribution < -0.4 is 10.9 Å². The lowest BCUT2D eigenvalue weighted by molar-refractivity contribution is -0.113. The van der Waals surface area contributed by atoms with Crippen molar-refractivity contribution in [3.05, 3.63) is 46.4 Å². The number of carbonyl (C=O) groups excluding carboxylic acids is 1. The molecule has 1 aromatic carbocycles. The summed E-state index contributed by atoms with van der Waals surface area (Å²) in [5.74, 6) is -3.29. The van der Waals surface area contributed by atoms with E-state index in [1.54, 1.807) is 0 Å². The highest BCUT2D eigenvalue weighted by molar-refractivity contribution is 8.00. The van der Waals surface area contributed by atoms with Crippen molar-refractivity contribution in [1.29, 1.82) is 0 Å². The number of carbonyl (C=O) groups is 2. The number of rotatable bonds is 6. The van der Waals surface area contributed by atoms with Gasteiger partial charge in [-0.3, -0.25) is 9.59 Å². The van der Waals surface area contributed by atoms with Gasteiger partial charge in [0.1, 0.15) is 11.4 Å². The molecule has 7 nitrogen and oxygen atoms in total. The van der Waals surface area contributed by atoms with Gasteiger partial charge >= 0.3 is 12.1 Å². The van der Waals surface area contributed by atoms with Gasteiger partial charge in [0.2, 0.25) is 5.91 Å². The number of H-pyrrole nitrogens is 1. The molecule has 0 radical (unpaired) electrons. The molecule has 138 valence electrons. The largest absolute Gasteiger partial charge is 0.477 e. The molecule has 1 aromatic heterocycles. The molecule has 11 heteroatoms. The predicted octanol–water partition coefficient (Wildman–Crippen LogP) is 2.37. The fraction of sp³-hybridized carbons (Fsp3) is 0.200. The SMILES string of the molecule is O=C(CSCC(F)(F)F)Nc1ccc(-c2ncc(C(=O)O)c(=O)[nH]2)cc1. The van der Waals surface area contributed by atoms with E-state index in [0.29, 0.717) is 23.0 Å². The number of alkyl halides is 3. The maximum atomic E-state index is 12.0. The number of hydrogen-bond acceptors (Lipinski definition) is 5. The second-order valence-electron chi connectivity index (χ2n) is 5.01. The maximum Gasteiger partial charge on any atom is 0.397 e. The normalized spacial score (nSPS) is 11.2. The first-order valence-electron chi connectivity index (χ1n) is 7.03. The van der Waals surface area contributed by atoms with Crippen LogP contribution in [0.4, 0.5) is 18.9 Å². The van der Waals surface area contributed by atoms with Gasteiger partial charge in [-0.15, -0.1) is 11.8 Å². The van der Waals surface area contributed by atoms with Gasteiger partial charge < -0.3 is 15.4 Å². The highest BCUT2D eigenvalue weighted by Crippen LogP contribution is 2.21. The van der Waals surface area contributed by atoms with Crippen LogP contribution in [0.25, 0.3) is 11.4 Å². The molecule has 1 heterocycles. The lowest BCUT2D eigenvalue weighted by Crippen LogP contribution is -2.19. The van der Waals surface area contributed by atoms with E-state index in [2.05, 4.69) is 15.3 Å². The minimum absolute atomic E-state index is 0.138. The number of carboxylic acid groups (broad SMARTS) is 1. The molecule has 1 amide bonds. The molecule has 0 atom stereocenters. The van der Waals surface area contributed by atoms with Gasteiger partial charge in [0.05, 0.1) is 11.5 Å². The molecule has 0 saturated heterocycles. The number of carboxylic acids is 1. The Balaban J connectivity index is 2.00. The summed E-state index contributed by atoms with van der Waals surface area (Å²) in [4.78, 5) is 40.2. The Morgan fingerprint density at radius 3 is 2.42 bits per heavy atom. The molecule has 0 saturated carbocycles. The van der Waals surface area contributed by atoms with Crippen LogP contribution in [-0.2, 0) is 4.79 Å². The lowest BCUT2D eigenvalue weighted by Gasteiger charge is -2.08. The number of aromatic carboxylic acids is 1. The van der Waals surface area contributed by atoms with Crippen LogP contribution in [0.3, 0.4) is 0 Å². The van der Waals surface area contributed by atoms with E-state index >= 15 is 0 Å². The lowest BCUT2D eigenvalue weighted by atomic mass is 10.2. The van der Waals surface area contributed by atoms with Crippen LogP contribution in [0.5, 0.6) is 0 Å². The van der Waals surface area contributed by atoms with Crippen molar-refractivity contribution in [1.82, 2.24) is 9.97 Å². The second kappa shape index (κ2) is 8.04. The molecule has 0 bridgehead atoms. The molecule has 0 aliphatic rings. The van der Waals surface area contributed by atoms with Crippen LogP contribution in [0.15, 0.2) is 35.3 Å². The Kier molecular flexibility index (Phi) is 6.03. The number of nitrogens with zero attached hydrogens (tertiary/aromatic N) is 1. The smallest absolute Gasteiger partial charge is 0.397 e. The average Bonchev–Trinajstić information content (AvgIpc) is 2.53. The first kappa shape index (κ1) is 19.5. The molecule has 2 rings (SSSR count). The van der Waals surface area contributed by atoms with Crippen molar-refractivity contribution >= 4 is 29.3 Å². The Morgan fingerprint density at radius 1 is 1.23 bits per heavy atom. The average molecular weight is 387 g/mol. The summed E-state index contributed by atoms with van der Waals surface area (Å²) in [6, 6.07) is 5.98. The Morgan fingerprint density at radius 2 is 1.88 bits per heavy atom. The van der Waals surface area contributed by atoms with E-state index in [-0.39, 0.29) is 11.6 Å². The standard InChI is InChI=1S/C15H12F3N3O4S/c16-15(17,18)7-26-6-11(22)20-9-3-1-8(2-4-9)12-19-5-10(14(24)25)13(23)21-12/h1-5H,6-7H2,(H,20,22)(H,24,25)(H,19,21,23). The minimum atomic E-state index is -4.33. The molecule has 0 spiro atoms. The third-order valence-electron chi connectivity index (χ3n) is 2.97. The Labute approximate surface area is 148 Å². The van der Waals surface area contributed by atoms with Crippen molar-refractivity contribution in [3.8, 4) is 11.4 Å². The number of aromatic amines is 1. The number of anilines is 1. The molecule has 0 aliphatic carbocycles. The quantitative estimate of drug-likeness (QED) is 0.702. The minimum Gasteiger partial charge on any atom is -0.477 e. The number of benzene rings is 1. The maximum absolute atomic E-state index is 12.0. The van der Waals surface area contributed by atoms with Crippen molar-refractivity contribution in [3.63, 3.8) is 0 Å². The second-order valence-corrected chi connectivity index (χ2v) is 6.00. The summed E-state index contributed by atoms with van der Waals surface area (Å²) in [5, 5.41) is 11.2. The molecule has 0 aliphatic heterocycles. The van der Waals surface area contributed by atoms with Gasteiger partial charge in [-0.2, -0.15) is 13.2 Å². The molecule has 0 fully saturated rings. The molecule has 2 aromatic rings. The van der Waals surface area contributed by atoms with Gasteiger partial charge in [-0.1, -0.05) is 0 Å². The van der Waals surface area contributed by atoms with Crippen molar-refractivity contribution in [2.75, 3.05) is 16.8 Å². The zero-order valence-electron chi connectivity index (χ0n) is 13.0. The van der Waals surface area contributed by atoms with E-state index < -0.39 is 34.9 Å². The summed E-state index contributed by atoms with van der Waals surface area (Å²) >= 11 is 0.458. The monoisotopic (exact) mass is 387 g/mol. The molecule has 3 N–H and O–H groups in total. The summed E-state index contributed by atoms with van der Waals surface area (Å²) < 4.78 is 36.1. The highest BCUT2D eigenvalue weighted by atomic mass is 32.2. The number of amides is 1. The third kappa shape index (κ3) is 5.62. The summed E-state index contributed by atoms with van der Waals surface area (Å²) in [6.07, 6.45) is -3.39. The first-order valence-corrected chi connectivity index (χ1v) is 8.18.